The number of esters is 1. The van der Waals surface area contributed by atoms with Crippen LogP contribution in [0.1, 0.15) is 55.3 Å². The van der Waals surface area contributed by atoms with Crippen LogP contribution in [0.25, 0.3) is 0 Å². The average Bonchev–Trinajstić information content (AvgIpc) is 3.06. The van der Waals surface area contributed by atoms with Gasteiger partial charge in [-0.15, -0.1) is 0 Å². The van der Waals surface area contributed by atoms with Crippen molar-refractivity contribution in [3.05, 3.63) is 29.8 Å². The van der Waals surface area contributed by atoms with Gasteiger partial charge < -0.3 is 19.8 Å². The molecule has 0 aromatic heterocycles. The van der Waals surface area contributed by atoms with Crippen LogP contribution in [0, 0.1) is 5.92 Å². The summed E-state index contributed by atoms with van der Waals surface area (Å²) in [5.41, 5.74) is 0.992. The van der Waals surface area contributed by atoms with Crippen molar-refractivity contribution in [2.24, 2.45) is 5.92 Å². The highest BCUT2D eigenvalue weighted by Crippen LogP contribution is 2.25. The van der Waals surface area contributed by atoms with Gasteiger partial charge in [-0.3, -0.25) is 9.59 Å². The van der Waals surface area contributed by atoms with Crippen molar-refractivity contribution in [2.75, 3.05) is 24.7 Å². The molecule has 0 aliphatic carbocycles. The molecule has 1 aromatic carbocycles. The number of unbranched alkanes of at least 4 members (excludes halogenated alkanes) is 5. The van der Waals surface area contributed by atoms with Crippen LogP contribution in [0.4, 0.5) is 5.69 Å². The molecule has 1 amide bonds. The van der Waals surface area contributed by atoms with Gasteiger partial charge in [0, 0.05) is 25.3 Å². The van der Waals surface area contributed by atoms with Gasteiger partial charge in [0.15, 0.2) is 0 Å². The van der Waals surface area contributed by atoms with Gasteiger partial charge in [-0.1, -0.05) is 25.7 Å². The molecule has 7 nitrogen and oxygen atoms in total. The Labute approximate surface area is 158 Å². The summed E-state index contributed by atoms with van der Waals surface area (Å²) in [5, 5.41) is 17.7. The highest BCUT2D eigenvalue weighted by molar-refractivity contribution is 5.99. The molecule has 1 saturated heterocycles. The highest BCUT2D eigenvalue weighted by Gasteiger charge is 2.35. The zero-order valence-electron chi connectivity index (χ0n) is 15.4. The molecule has 7 heteroatoms. The fourth-order valence-electron chi connectivity index (χ4n) is 3.07. The number of carbonyl (C=O) groups excluding carboxylic acids is 2. The molecule has 1 aliphatic rings. The van der Waals surface area contributed by atoms with E-state index < -0.39 is 17.9 Å². The Kier molecular flexibility index (Phi) is 8.26. The summed E-state index contributed by atoms with van der Waals surface area (Å²) in [5.74, 6) is -2.29. The molecule has 0 radical (unpaired) electrons. The molecule has 1 fully saturated rings. The lowest BCUT2D eigenvalue weighted by atomic mass is 10.1. The number of anilines is 1. The molecular formula is C20H27NO6. The third-order valence-electron chi connectivity index (χ3n) is 4.67. The minimum absolute atomic E-state index is 0.000867. The SMILES string of the molecule is O=C(OCCCCCCCCO)c1ccc(N2CC(C(=O)O)CC2=O)cc1. The number of carboxylic acids is 1. The second-order valence-electron chi connectivity index (χ2n) is 6.77. The zero-order chi connectivity index (χ0) is 19.6. The lowest BCUT2D eigenvalue weighted by Gasteiger charge is -2.16. The number of aliphatic hydroxyl groups excluding tert-OH is 1. The molecule has 1 aliphatic heterocycles. The van der Waals surface area contributed by atoms with E-state index in [-0.39, 0.29) is 25.5 Å². The van der Waals surface area contributed by atoms with E-state index >= 15 is 0 Å². The molecule has 1 atom stereocenters. The van der Waals surface area contributed by atoms with E-state index in [1.54, 1.807) is 24.3 Å². The number of ether oxygens (including phenoxy) is 1. The summed E-state index contributed by atoms with van der Waals surface area (Å²) < 4.78 is 5.25. The van der Waals surface area contributed by atoms with Gasteiger partial charge in [-0.2, -0.15) is 0 Å². The maximum absolute atomic E-state index is 12.0. The van der Waals surface area contributed by atoms with E-state index in [0.717, 1.165) is 38.5 Å². The summed E-state index contributed by atoms with van der Waals surface area (Å²) in [7, 11) is 0. The van der Waals surface area contributed by atoms with Crippen LogP contribution in [0.15, 0.2) is 24.3 Å². The van der Waals surface area contributed by atoms with Crippen molar-refractivity contribution in [2.45, 2.75) is 44.9 Å². The van der Waals surface area contributed by atoms with E-state index in [4.69, 9.17) is 14.9 Å². The zero-order valence-corrected chi connectivity index (χ0v) is 15.4. The standard InChI is InChI=1S/C20H27NO6/c22-11-5-3-1-2-4-6-12-27-20(26)15-7-9-17(10-8-15)21-14-16(19(24)25)13-18(21)23/h7-10,16,22H,1-6,11-14H2,(H,24,25). The molecule has 148 valence electrons. The normalized spacial score (nSPS) is 16.6. The van der Waals surface area contributed by atoms with Crippen LogP contribution in [-0.4, -0.2) is 47.8 Å². The van der Waals surface area contributed by atoms with Crippen molar-refractivity contribution in [3.63, 3.8) is 0 Å². The molecule has 27 heavy (non-hydrogen) atoms. The van der Waals surface area contributed by atoms with Crippen LogP contribution >= 0.6 is 0 Å². The minimum Gasteiger partial charge on any atom is -0.481 e. The number of rotatable bonds is 11. The number of aliphatic hydroxyl groups is 1. The lowest BCUT2D eigenvalue weighted by molar-refractivity contribution is -0.141. The first kappa shape index (κ1) is 20.9. The van der Waals surface area contributed by atoms with Crippen molar-refractivity contribution in [1.82, 2.24) is 0 Å². The number of aliphatic carboxylic acids is 1. The van der Waals surface area contributed by atoms with Gasteiger partial charge in [-0.25, -0.2) is 4.79 Å². The summed E-state index contributed by atoms with van der Waals surface area (Å²) in [6.45, 7) is 0.754. The Morgan fingerprint density at radius 1 is 1.04 bits per heavy atom. The second kappa shape index (κ2) is 10.7. The van der Waals surface area contributed by atoms with E-state index in [0.29, 0.717) is 17.9 Å². The van der Waals surface area contributed by atoms with Crippen molar-refractivity contribution >= 4 is 23.5 Å². The monoisotopic (exact) mass is 377 g/mol. The molecule has 0 spiro atoms. The molecule has 1 aromatic rings. The van der Waals surface area contributed by atoms with Gasteiger partial charge in [0.2, 0.25) is 5.91 Å². The summed E-state index contributed by atoms with van der Waals surface area (Å²) in [6, 6.07) is 6.46. The smallest absolute Gasteiger partial charge is 0.338 e. The van der Waals surface area contributed by atoms with Gasteiger partial charge in [-0.05, 0) is 37.1 Å². The molecule has 0 saturated carbocycles. The largest absolute Gasteiger partial charge is 0.481 e. The molecule has 2 N–H and O–H groups in total. The Hall–Kier alpha value is -2.41. The number of carboxylic acid groups (broad SMARTS) is 1. The van der Waals surface area contributed by atoms with E-state index in [1.165, 1.54) is 4.90 Å². The third-order valence-corrected chi connectivity index (χ3v) is 4.67. The molecule has 2 rings (SSSR count). The second-order valence-corrected chi connectivity index (χ2v) is 6.77. The van der Waals surface area contributed by atoms with Gasteiger partial charge >= 0.3 is 11.9 Å². The van der Waals surface area contributed by atoms with Crippen LogP contribution in [-0.2, 0) is 14.3 Å². The number of hydrogen-bond donors (Lipinski definition) is 2. The van der Waals surface area contributed by atoms with E-state index in [9.17, 15) is 14.4 Å². The summed E-state index contributed by atoms with van der Waals surface area (Å²) in [4.78, 5) is 36.5. The Bertz CT molecular complexity index is 642. The number of amides is 1. The highest BCUT2D eigenvalue weighted by atomic mass is 16.5. The molecule has 1 heterocycles. The fourth-order valence-corrected chi connectivity index (χ4v) is 3.07. The van der Waals surface area contributed by atoms with Gasteiger partial charge in [0.1, 0.15) is 0 Å². The van der Waals surface area contributed by atoms with E-state index in [2.05, 4.69) is 0 Å². The number of carbonyl (C=O) groups is 3. The quantitative estimate of drug-likeness (QED) is 0.454. The predicted molar refractivity (Wildman–Crippen MR) is 99.6 cm³/mol. The van der Waals surface area contributed by atoms with Gasteiger partial charge in [0.05, 0.1) is 18.1 Å². The third kappa shape index (κ3) is 6.36. The Morgan fingerprint density at radius 2 is 1.67 bits per heavy atom. The predicted octanol–water partition coefficient (Wildman–Crippen LogP) is 2.61. The topological polar surface area (TPSA) is 104 Å². The first-order valence-electron chi connectivity index (χ1n) is 9.44. The van der Waals surface area contributed by atoms with E-state index in [1.807, 2.05) is 0 Å². The maximum Gasteiger partial charge on any atom is 0.338 e. The number of hydrogen-bond acceptors (Lipinski definition) is 5. The summed E-state index contributed by atoms with van der Waals surface area (Å²) in [6.07, 6.45) is 5.79. The first-order valence-corrected chi connectivity index (χ1v) is 9.44. The summed E-state index contributed by atoms with van der Waals surface area (Å²) >= 11 is 0. The van der Waals surface area contributed by atoms with Gasteiger partial charge in [0.25, 0.3) is 0 Å². The van der Waals surface area contributed by atoms with Crippen LogP contribution in [0.5, 0.6) is 0 Å². The first-order chi connectivity index (χ1) is 13.0. The van der Waals surface area contributed by atoms with Crippen molar-refractivity contribution in [1.29, 1.82) is 0 Å². The lowest BCUT2D eigenvalue weighted by Crippen LogP contribution is -2.25. The minimum atomic E-state index is -0.973. The number of nitrogens with zero attached hydrogens (tertiary/aromatic N) is 1. The average molecular weight is 377 g/mol. The maximum atomic E-state index is 12.0. The Morgan fingerprint density at radius 3 is 2.26 bits per heavy atom. The van der Waals surface area contributed by atoms with Crippen LogP contribution in [0.3, 0.4) is 0 Å². The fraction of sp³-hybridized carbons (Fsp3) is 0.550. The van der Waals surface area contributed by atoms with Crippen molar-refractivity contribution in [3.8, 4) is 0 Å². The van der Waals surface area contributed by atoms with Crippen LogP contribution < -0.4 is 4.90 Å². The molecular weight excluding hydrogens is 350 g/mol. The molecule has 1 unspecified atom stereocenters. The van der Waals surface area contributed by atoms with Crippen LogP contribution in [0.2, 0.25) is 0 Å². The number of benzene rings is 1. The van der Waals surface area contributed by atoms with Crippen molar-refractivity contribution < 1.29 is 29.3 Å². The Balaban J connectivity index is 1.74. The molecule has 0 bridgehead atoms.